The molecule has 0 fully saturated rings. The standard InChI is InChI=1S/C22H11N5O7/c1-8(28)25-21(29)17-15-11-6-9(26(31)32)2-4-13(11)23-19(15)20-16(18(17)22(25)30)12-7-10(27(33)34)3-5-14(12)24-20/h2-7,23-24H,1H3. The van der Waals surface area contributed by atoms with E-state index in [4.69, 9.17) is 0 Å². The summed E-state index contributed by atoms with van der Waals surface area (Å²) < 4.78 is 0. The molecule has 0 saturated carbocycles. The smallest absolute Gasteiger partial charge is 0.270 e. The fraction of sp³-hybridized carbons (Fsp3) is 0.0455. The number of nitrogens with one attached hydrogen (secondary N) is 2. The van der Waals surface area contributed by atoms with Crippen LogP contribution in [-0.2, 0) is 4.79 Å². The molecular formula is C22H11N5O7. The van der Waals surface area contributed by atoms with Crippen LogP contribution in [0.2, 0.25) is 0 Å². The lowest BCUT2D eigenvalue weighted by Crippen LogP contribution is -2.34. The van der Waals surface area contributed by atoms with Crippen molar-refractivity contribution in [3.63, 3.8) is 0 Å². The molecule has 5 aromatic rings. The number of aromatic amines is 2. The first-order chi connectivity index (χ1) is 16.2. The number of imide groups is 3. The Morgan fingerprint density at radius 1 is 0.794 bits per heavy atom. The van der Waals surface area contributed by atoms with E-state index in [1.807, 2.05) is 0 Å². The van der Waals surface area contributed by atoms with Gasteiger partial charge in [-0.25, -0.2) is 4.90 Å². The van der Waals surface area contributed by atoms with Crippen molar-refractivity contribution < 1.29 is 24.2 Å². The number of aromatic nitrogens is 2. The minimum Gasteiger partial charge on any atom is -0.353 e. The van der Waals surface area contributed by atoms with Crippen LogP contribution in [0.5, 0.6) is 0 Å². The molecule has 0 spiro atoms. The lowest BCUT2D eigenvalue weighted by molar-refractivity contribution is -0.384. The molecule has 166 valence electrons. The molecule has 12 heteroatoms. The number of carbonyl (C=O) groups is 3. The Morgan fingerprint density at radius 2 is 1.21 bits per heavy atom. The van der Waals surface area contributed by atoms with Crippen LogP contribution in [0.25, 0.3) is 43.6 Å². The number of carbonyl (C=O) groups excluding carboxylic acids is 3. The molecule has 12 nitrogen and oxygen atoms in total. The van der Waals surface area contributed by atoms with Gasteiger partial charge in [-0.05, 0) is 12.1 Å². The van der Waals surface area contributed by atoms with Gasteiger partial charge in [-0.1, -0.05) is 0 Å². The molecule has 0 radical (unpaired) electrons. The highest BCUT2D eigenvalue weighted by Crippen LogP contribution is 2.44. The van der Waals surface area contributed by atoms with Gasteiger partial charge in [-0.3, -0.25) is 34.6 Å². The third kappa shape index (κ3) is 2.28. The predicted octanol–water partition coefficient (Wildman–Crippen LogP) is 3.91. The van der Waals surface area contributed by atoms with E-state index >= 15 is 0 Å². The number of fused-ring (bicyclic) bond motifs is 10. The largest absolute Gasteiger partial charge is 0.353 e. The van der Waals surface area contributed by atoms with Crippen molar-refractivity contribution in [2.75, 3.05) is 0 Å². The Kier molecular flexibility index (Phi) is 3.58. The molecule has 1 aliphatic rings. The number of amides is 3. The van der Waals surface area contributed by atoms with Crippen molar-refractivity contribution in [2.24, 2.45) is 0 Å². The molecule has 0 saturated heterocycles. The average molecular weight is 457 g/mol. The van der Waals surface area contributed by atoms with Gasteiger partial charge < -0.3 is 9.97 Å². The molecule has 0 aliphatic carbocycles. The van der Waals surface area contributed by atoms with Crippen molar-refractivity contribution in [3.05, 3.63) is 67.8 Å². The first-order valence-corrected chi connectivity index (χ1v) is 9.94. The van der Waals surface area contributed by atoms with E-state index in [2.05, 4.69) is 9.97 Å². The second-order valence-electron chi connectivity index (χ2n) is 7.94. The van der Waals surface area contributed by atoms with Crippen LogP contribution >= 0.6 is 0 Å². The molecule has 2 aromatic heterocycles. The van der Waals surface area contributed by atoms with Gasteiger partial charge in [0.25, 0.3) is 23.2 Å². The van der Waals surface area contributed by atoms with Gasteiger partial charge >= 0.3 is 0 Å². The topological polar surface area (TPSA) is 172 Å². The van der Waals surface area contributed by atoms with E-state index in [1.165, 1.54) is 36.4 Å². The third-order valence-corrected chi connectivity index (χ3v) is 6.13. The van der Waals surface area contributed by atoms with E-state index in [1.54, 1.807) is 0 Å². The molecule has 6 rings (SSSR count). The maximum atomic E-state index is 13.3. The zero-order valence-corrected chi connectivity index (χ0v) is 17.2. The molecule has 34 heavy (non-hydrogen) atoms. The minimum atomic E-state index is -0.855. The number of H-pyrrole nitrogens is 2. The molecule has 3 heterocycles. The van der Waals surface area contributed by atoms with E-state index in [-0.39, 0.29) is 33.3 Å². The monoisotopic (exact) mass is 457 g/mol. The highest BCUT2D eigenvalue weighted by molar-refractivity contribution is 6.41. The van der Waals surface area contributed by atoms with E-state index in [0.717, 1.165) is 6.92 Å². The lowest BCUT2D eigenvalue weighted by Gasteiger charge is -2.07. The maximum absolute atomic E-state index is 13.3. The van der Waals surface area contributed by atoms with Gasteiger partial charge in [-0.15, -0.1) is 0 Å². The van der Waals surface area contributed by atoms with E-state index < -0.39 is 27.6 Å². The Morgan fingerprint density at radius 3 is 1.56 bits per heavy atom. The lowest BCUT2D eigenvalue weighted by atomic mass is 9.96. The van der Waals surface area contributed by atoms with Crippen LogP contribution in [0.3, 0.4) is 0 Å². The minimum absolute atomic E-state index is 0.0816. The Hall–Kier alpha value is -5.13. The third-order valence-electron chi connectivity index (χ3n) is 6.13. The van der Waals surface area contributed by atoms with Gasteiger partial charge in [0.1, 0.15) is 0 Å². The van der Waals surface area contributed by atoms with Crippen molar-refractivity contribution in [1.29, 1.82) is 0 Å². The summed E-state index contributed by atoms with van der Waals surface area (Å²) in [5.74, 6) is -2.50. The number of hydrogen-bond acceptors (Lipinski definition) is 7. The highest BCUT2D eigenvalue weighted by Gasteiger charge is 2.43. The van der Waals surface area contributed by atoms with Crippen LogP contribution in [0, 0.1) is 20.2 Å². The van der Waals surface area contributed by atoms with Crippen LogP contribution < -0.4 is 0 Å². The number of non-ortho nitro benzene ring substituents is 2. The number of benzene rings is 3. The Bertz CT molecular complexity index is 1720. The fourth-order valence-electron chi connectivity index (χ4n) is 4.76. The van der Waals surface area contributed by atoms with Gasteiger partial charge in [0.15, 0.2) is 0 Å². The van der Waals surface area contributed by atoms with Crippen LogP contribution in [-0.4, -0.2) is 42.4 Å². The molecule has 0 unspecified atom stereocenters. The zero-order valence-electron chi connectivity index (χ0n) is 17.2. The average Bonchev–Trinajstić information content (AvgIpc) is 3.42. The van der Waals surface area contributed by atoms with Gasteiger partial charge in [0.2, 0.25) is 5.91 Å². The van der Waals surface area contributed by atoms with Gasteiger partial charge in [0.05, 0.1) is 32.0 Å². The van der Waals surface area contributed by atoms with E-state index in [9.17, 15) is 34.6 Å². The molecular weight excluding hydrogens is 446 g/mol. The molecule has 3 amide bonds. The quantitative estimate of drug-likeness (QED) is 0.230. The summed E-state index contributed by atoms with van der Waals surface area (Å²) in [5, 5.41) is 23.9. The summed E-state index contributed by atoms with van der Waals surface area (Å²) in [6.07, 6.45) is 0. The second kappa shape index (κ2) is 6.22. The number of nitro groups is 2. The second-order valence-corrected chi connectivity index (χ2v) is 7.94. The highest BCUT2D eigenvalue weighted by atomic mass is 16.6. The van der Waals surface area contributed by atoms with Crippen LogP contribution in [0.4, 0.5) is 11.4 Å². The molecule has 0 atom stereocenters. The van der Waals surface area contributed by atoms with Crippen molar-refractivity contribution in [3.8, 4) is 0 Å². The van der Waals surface area contributed by atoms with E-state index in [0.29, 0.717) is 37.7 Å². The summed E-state index contributed by atoms with van der Waals surface area (Å²) in [4.78, 5) is 67.2. The summed E-state index contributed by atoms with van der Waals surface area (Å²) in [6.45, 7) is 1.08. The predicted molar refractivity (Wildman–Crippen MR) is 120 cm³/mol. The summed E-state index contributed by atoms with van der Waals surface area (Å²) >= 11 is 0. The fourth-order valence-corrected chi connectivity index (χ4v) is 4.76. The van der Waals surface area contributed by atoms with Crippen LogP contribution in [0.1, 0.15) is 27.6 Å². The Balaban J connectivity index is 1.89. The number of nitrogens with zero attached hydrogens (tertiary/aromatic N) is 3. The number of rotatable bonds is 2. The maximum Gasteiger partial charge on any atom is 0.270 e. The molecule has 3 aromatic carbocycles. The first kappa shape index (κ1) is 19.5. The Labute approximate surface area is 187 Å². The van der Waals surface area contributed by atoms with Gasteiger partial charge in [-0.2, -0.15) is 0 Å². The van der Waals surface area contributed by atoms with Crippen molar-refractivity contribution in [2.45, 2.75) is 6.92 Å². The van der Waals surface area contributed by atoms with Crippen molar-refractivity contribution in [1.82, 2.24) is 14.9 Å². The summed E-state index contributed by atoms with van der Waals surface area (Å²) in [7, 11) is 0. The number of nitro benzene ring substituents is 2. The zero-order chi connectivity index (χ0) is 24.0. The SMILES string of the molecule is CC(=O)N1C(=O)c2c(c3c4cc([N+](=O)[O-])ccc4[nH]c3c3[nH]c4ccc([N+](=O)[O-])cc4c23)C1=O. The molecule has 1 aliphatic heterocycles. The molecule has 0 bridgehead atoms. The first-order valence-electron chi connectivity index (χ1n) is 9.94. The normalized spacial score (nSPS) is 13.5. The summed E-state index contributed by atoms with van der Waals surface area (Å²) in [6, 6.07) is 8.17. The van der Waals surface area contributed by atoms with Gasteiger partial charge in [0, 0.05) is 63.8 Å². The summed E-state index contributed by atoms with van der Waals surface area (Å²) in [5.41, 5.74) is 1.13. The molecule has 2 N–H and O–H groups in total. The van der Waals surface area contributed by atoms with Crippen molar-refractivity contribution >= 4 is 72.7 Å². The van der Waals surface area contributed by atoms with Crippen LogP contribution in [0.15, 0.2) is 36.4 Å². The number of hydrogen-bond donors (Lipinski definition) is 2.